The number of hydrogen-bond donors (Lipinski definition) is 2. The molecule has 1 heterocycles. The summed E-state index contributed by atoms with van der Waals surface area (Å²) < 4.78 is 0. The Hall–Kier alpha value is -1.59. The molecule has 2 N–H and O–H groups in total. The zero-order chi connectivity index (χ0) is 13.7. The molecule has 0 saturated carbocycles. The number of aromatic hydroxyl groups is 1. The van der Waals surface area contributed by atoms with Crippen LogP contribution in [0.15, 0.2) is 24.3 Å². The third kappa shape index (κ3) is 3.94. The highest BCUT2D eigenvalue weighted by Gasteiger charge is 2.14. The van der Waals surface area contributed by atoms with Crippen molar-refractivity contribution in [2.75, 3.05) is 46.3 Å². The molecule has 0 aromatic heterocycles. The minimum absolute atomic E-state index is 0.0500. The summed E-state index contributed by atoms with van der Waals surface area (Å²) in [6, 6.07) is 6.48. The normalized spacial score (nSPS) is 16.3. The minimum atomic E-state index is -0.0500. The number of carbonyl (C=O) groups excluding carboxylic acids is 1. The summed E-state index contributed by atoms with van der Waals surface area (Å²) in [5.74, 6) is 0.0763. The third-order valence-corrected chi connectivity index (χ3v) is 3.40. The predicted octanol–water partition coefficient (Wildman–Crippen LogP) is 0.369. The van der Waals surface area contributed by atoms with E-state index in [-0.39, 0.29) is 11.7 Å². The maximum atomic E-state index is 12.2. The number of amides is 1. The van der Waals surface area contributed by atoms with E-state index in [1.54, 1.807) is 30.1 Å². The Bertz CT molecular complexity index is 430. The lowest BCUT2D eigenvalue weighted by atomic mass is 10.2. The molecule has 1 saturated heterocycles. The second-order valence-corrected chi connectivity index (χ2v) is 4.87. The van der Waals surface area contributed by atoms with Crippen LogP contribution in [0.4, 0.5) is 0 Å². The highest BCUT2D eigenvalue weighted by Crippen LogP contribution is 2.12. The van der Waals surface area contributed by atoms with E-state index in [0.29, 0.717) is 12.1 Å². The van der Waals surface area contributed by atoms with Crippen molar-refractivity contribution in [3.8, 4) is 5.75 Å². The van der Waals surface area contributed by atoms with E-state index >= 15 is 0 Å². The Morgan fingerprint density at radius 2 is 2.16 bits per heavy atom. The van der Waals surface area contributed by atoms with Crippen LogP contribution in [0.25, 0.3) is 0 Å². The predicted molar refractivity (Wildman–Crippen MR) is 74.4 cm³/mol. The first-order chi connectivity index (χ1) is 9.16. The van der Waals surface area contributed by atoms with Crippen LogP contribution in [0.1, 0.15) is 10.4 Å². The van der Waals surface area contributed by atoms with Crippen LogP contribution in [0.5, 0.6) is 5.75 Å². The molecular formula is C14H21N3O2. The average molecular weight is 263 g/mol. The maximum Gasteiger partial charge on any atom is 0.253 e. The fourth-order valence-electron chi connectivity index (χ4n) is 2.19. The largest absolute Gasteiger partial charge is 0.508 e. The first kappa shape index (κ1) is 13.8. The Morgan fingerprint density at radius 1 is 1.42 bits per heavy atom. The highest BCUT2D eigenvalue weighted by molar-refractivity contribution is 5.94. The molecule has 0 unspecified atom stereocenters. The molecule has 2 rings (SSSR count). The number of likely N-dealkylation sites (N-methyl/N-ethyl adjacent to an activating group) is 1. The van der Waals surface area contributed by atoms with Crippen LogP contribution in [0.3, 0.4) is 0 Å². The zero-order valence-corrected chi connectivity index (χ0v) is 11.3. The van der Waals surface area contributed by atoms with Crippen molar-refractivity contribution in [1.82, 2.24) is 15.1 Å². The topological polar surface area (TPSA) is 55.8 Å². The average Bonchev–Trinajstić information content (AvgIpc) is 2.45. The van der Waals surface area contributed by atoms with Gasteiger partial charge in [0.15, 0.2) is 0 Å². The summed E-state index contributed by atoms with van der Waals surface area (Å²) in [4.78, 5) is 16.2. The molecule has 0 atom stereocenters. The maximum absolute atomic E-state index is 12.2. The van der Waals surface area contributed by atoms with E-state index in [1.165, 1.54) is 6.07 Å². The van der Waals surface area contributed by atoms with Crippen LogP contribution >= 0.6 is 0 Å². The van der Waals surface area contributed by atoms with Gasteiger partial charge in [-0.2, -0.15) is 0 Å². The Balaban J connectivity index is 1.85. The number of carbonyl (C=O) groups is 1. The van der Waals surface area contributed by atoms with Gasteiger partial charge in [-0.3, -0.25) is 9.69 Å². The SMILES string of the molecule is CN(CCN1CCNCC1)C(=O)c1cccc(O)c1. The number of rotatable bonds is 4. The van der Waals surface area contributed by atoms with E-state index in [0.717, 1.165) is 32.7 Å². The molecule has 0 bridgehead atoms. The molecule has 1 fully saturated rings. The van der Waals surface area contributed by atoms with E-state index in [9.17, 15) is 9.90 Å². The van der Waals surface area contributed by atoms with Crippen molar-refractivity contribution in [3.05, 3.63) is 29.8 Å². The molecule has 5 heteroatoms. The van der Waals surface area contributed by atoms with Gasteiger partial charge < -0.3 is 15.3 Å². The van der Waals surface area contributed by atoms with Crippen LogP contribution in [0.2, 0.25) is 0 Å². The third-order valence-electron chi connectivity index (χ3n) is 3.40. The molecule has 0 radical (unpaired) electrons. The summed E-state index contributed by atoms with van der Waals surface area (Å²) in [5.41, 5.74) is 0.530. The molecule has 0 aliphatic carbocycles. The molecule has 1 aliphatic rings. The van der Waals surface area contributed by atoms with Gasteiger partial charge in [-0.15, -0.1) is 0 Å². The number of hydrogen-bond acceptors (Lipinski definition) is 4. The number of benzene rings is 1. The van der Waals surface area contributed by atoms with Crippen LogP contribution in [0, 0.1) is 0 Å². The van der Waals surface area contributed by atoms with Gasteiger partial charge in [-0.05, 0) is 18.2 Å². The first-order valence-electron chi connectivity index (χ1n) is 6.64. The molecule has 104 valence electrons. The molecule has 19 heavy (non-hydrogen) atoms. The van der Waals surface area contributed by atoms with E-state index < -0.39 is 0 Å². The lowest BCUT2D eigenvalue weighted by molar-refractivity contribution is 0.0774. The molecule has 1 aliphatic heterocycles. The van der Waals surface area contributed by atoms with Crippen molar-refractivity contribution >= 4 is 5.91 Å². The van der Waals surface area contributed by atoms with Gasteiger partial charge in [0.2, 0.25) is 0 Å². The lowest BCUT2D eigenvalue weighted by Crippen LogP contribution is -2.46. The smallest absolute Gasteiger partial charge is 0.253 e. The molecule has 0 spiro atoms. The second kappa shape index (κ2) is 6.54. The van der Waals surface area contributed by atoms with Crippen molar-refractivity contribution in [2.24, 2.45) is 0 Å². The Labute approximate surface area is 113 Å². The second-order valence-electron chi connectivity index (χ2n) is 4.87. The van der Waals surface area contributed by atoms with Gasteiger partial charge in [-0.1, -0.05) is 6.07 Å². The van der Waals surface area contributed by atoms with Gasteiger partial charge in [0.25, 0.3) is 5.91 Å². The van der Waals surface area contributed by atoms with Gasteiger partial charge in [0, 0.05) is 51.9 Å². The standard InChI is InChI=1S/C14H21N3O2/c1-16(9-10-17-7-5-15-6-8-17)14(19)12-3-2-4-13(18)11-12/h2-4,11,15,18H,5-10H2,1H3. The molecule has 1 aromatic carbocycles. The number of phenolic OH excluding ortho intramolecular Hbond substituents is 1. The number of nitrogens with one attached hydrogen (secondary N) is 1. The molecule has 5 nitrogen and oxygen atoms in total. The summed E-state index contributed by atoms with van der Waals surface area (Å²) in [7, 11) is 1.80. The van der Waals surface area contributed by atoms with E-state index in [1.807, 2.05) is 0 Å². The fraction of sp³-hybridized carbons (Fsp3) is 0.500. The van der Waals surface area contributed by atoms with Crippen molar-refractivity contribution in [3.63, 3.8) is 0 Å². The quantitative estimate of drug-likeness (QED) is 0.824. The van der Waals surface area contributed by atoms with E-state index in [2.05, 4.69) is 10.2 Å². The monoisotopic (exact) mass is 263 g/mol. The number of nitrogens with zero attached hydrogens (tertiary/aromatic N) is 2. The van der Waals surface area contributed by atoms with E-state index in [4.69, 9.17) is 0 Å². The first-order valence-corrected chi connectivity index (χ1v) is 6.64. The van der Waals surface area contributed by atoms with Crippen LogP contribution < -0.4 is 5.32 Å². The molecule has 1 amide bonds. The minimum Gasteiger partial charge on any atom is -0.508 e. The summed E-state index contributed by atoms with van der Waals surface area (Å²) in [5, 5.41) is 12.7. The lowest BCUT2D eigenvalue weighted by Gasteiger charge is -2.29. The van der Waals surface area contributed by atoms with Gasteiger partial charge in [0.1, 0.15) is 5.75 Å². The molecular weight excluding hydrogens is 242 g/mol. The number of phenols is 1. The summed E-state index contributed by atoms with van der Waals surface area (Å²) in [6.07, 6.45) is 0. The van der Waals surface area contributed by atoms with Crippen LogP contribution in [-0.4, -0.2) is 67.1 Å². The fourth-order valence-corrected chi connectivity index (χ4v) is 2.19. The van der Waals surface area contributed by atoms with Crippen molar-refractivity contribution in [2.45, 2.75) is 0 Å². The number of piperazine rings is 1. The van der Waals surface area contributed by atoms with Crippen molar-refractivity contribution in [1.29, 1.82) is 0 Å². The zero-order valence-electron chi connectivity index (χ0n) is 11.3. The summed E-state index contributed by atoms with van der Waals surface area (Å²) in [6.45, 7) is 5.70. The van der Waals surface area contributed by atoms with Crippen LogP contribution in [-0.2, 0) is 0 Å². The van der Waals surface area contributed by atoms with Gasteiger partial charge in [-0.25, -0.2) is 0 Å². The Morgan fingerprint density at radius 3 is 2.84 bits per heavy atom. The van der Waals surface area contributed by atoms with Gasteiger partial charge >= 0.3 is 0 Å². The highest BCUT2D eigenvalue weighted by atomic mass is 16.3. The summed E-state index contributed by atoms with van der Waals surface area (Å²) >= 11 is 0. The van der Waals surface area contributed by atoms with Crippen molar-refractivity contribution < 1.29 is 9.90 Å². The van der Waals surface area contributed by atoms with Gasteiger partial charge in [0.05, 0.1) is 0 Å². The Kier molecular flexibility index (Phi) is 4.76. The molecule has 1 aromatic rings.